The zero-order valence-corrected chi connectivity index (χ0v) is 11.0. The molecule has 0 unspecified atom stereocenters. The SMILES string of the molecule is C[C@H](CCOC(=O)[C@H](C)Cl)OC(=O)[C@@H](C)Cl. The number of halogens is 2. The second-order valence-corrected chi connectivity index (χ2v) is 4.74. The maximum atomic E-state index is 11.1. The van der Waals surface area contributed by atoms with Crippen molar-refractivity contribution in [1.29, 1.82) is 0 Å². The summed E-state index contributed by atoms with van der Waals surface area (Å²) in [6.45, 7) is 4.93. The number of hydrogen-bond donors (Lipinski definition) is 0. The molecular weight excluding hydrogens is 255 g/mol. The van der Waals surface area contributed by atoms with Crippen LogP contribution in [-0.2, 0) is 19.1 Å². The molecule has 6 heteroatoms. The minimum atomic E-state index is -0.673. The summed E-state index contributed by atoms with van der Waals surface area (Å²) in [5.74, 6) is -0.961. The van der Waals surface area contributed by atoms with Gasteiger partial charge in [0, 0.05) is 6.42 Å². The molecule has 0 fully saturated rings. The highest BCUT2D eigenvalue weighted by atomic mass is 35.5. The first-order valence-electron chi connectivity index (χ1n) is 4.99. The summed E-state index contributed by atoms with van der Waals surface area (Å²) < 4.78 is 9.78. The summed E-state index contributed by atoms with van der Waals surface area (Å²) in [7, 11) is 0. The van der Waals surface area contributed by atoms with Crippen molar-refractivity contribution in [3.8, 4) is 0 Å². The fourth-order valence-electron chi connectivity index (χ4n) is 0.791. The van der Waals surface area contributed by atoms with E-state index < -0.39 is 22.7 Å². The number of alkyl halides is 2. The van der Waals surface area contributed by atoms with Crippen LogP contribution in [0.2, 0.25) is 0 Å². The average Bonchev–Trinajstić information content (AvgIpc) is 2.16. The first-order valence-corrected chi connectivity index (χ1v) is 5.87. The maximum absolute atomic E-state index is 11.1. The Hall–Kier alpha value is -0.480. The Morgan fingerprint density at radius 2 is 1.56 bits per heavy atom. The molecule has 0 bridgehead atoms. The lowest BCUT2D eigenvalue weighted by Gasteiger charge is -2.14. The predicted molar refractivity (Wildman–Crippen MR) is 61.8 cm³/mol. The summed E-state index contributed by atoms with van der Waals surface area (Å²) in [4.78, 5) is 22.0. The molecule has 0 spiro atoms. The van der Waals surface area contributed by atoms with Gasteiger partial charge >= 0.3 is 11.9 Å². The van der Waals surface area contributed by atoms with Gasteiger partial charge < -0.3 is 9.47 Å². The Kier molecular flexibility index (Phi) is 7.51. The van der Waals surface area contributed by atoms with Crippen LogP contribution in [0, 0.1) is 0 Å². The van der Waals surface area contributed by atoms with Crippen molar-refractivity contribution in [1.82, 2.24) is 0 Å². The molecule has 0 amide bonds. The second kappa shape index (κ2) is 7.74. The molecule has 0 aliphatic rings. The zero-order chi connectivity index (χ0) is 12.7. The number of carbonyl (C=O) groups is 2. The van der Waals surface area contributed by atoms with Crippen molar-refractivity contribution >= 4 is 35.1 Å². The molecule has 0 rings (SSSR count). The molecule has 0 aromatic carbocycles. The van der Waals surface area contributed by atoms with Crippen LogP contribution in [-0.4, -0.2) is 35.4 Å². The number of carbonyl (C=O) groups excluding carboxylic acids is 2. The summed E-state index contributed by atoms with van der Waals surface area (Å²) in [5.41, 5.74) is 0. The normalized spacial score (nSPS) is 16.1. The third-order valence-electron chi connectivity index (χ3n) is 1.74. The molecule has 4 nitrogen and oxygen atoms in total. The van der Waals surface area contributed by atoms with Crippen LogP contribution < -0.4 is 0 Å². The summed E-state index contributed by atoms with van der Waals surface area (Å²) in [6, 6.07) is 0. The summed E-state index contributed by atoms with van der Waals surface area (Å²) in [6.07, 6.45) is 0.0807. The highest BCUT2D eigenvalue weighted by Gasteiger charge is 2.16. The fourth-order valence-corrected chi connectivity index (χ4v) is 0.906. The largest absolute Gasteiger partial charge is 0.464 e. The van der Waals surface area contributed by atoms with E-state index in [-0.39, 0.29) is 12.7 Å². The molecule has 94 valence electrons. The van der Waals surface area contributed by atoms with E-state index in [1.54, 1.807) is 6.92 Å². The minimum absolute atomic E-state index is 0.168. The van der Waals surface area contributed by atoms with Crippen LogP contribution in [0.5, 0.6) is 0 Å². The monoisotopic (exact) mass is 270 g/mol. The Morgan fingerprint density at radius 1 is 1.06 bits per heavy atom. The van der Waals surface area contributed by atoms with Gasteiger partial charge in [0.2, 0.25) is 0 Å². The van der Waals surface area contributed by atoms with Crippen molar-refractivity contribution < 1.29 is 19.1 Å². The van der Waals surface area contributed by atoms with E-state index in [9.17, 15) is 9.59 Å². The molecule has 0 radical (unpaired) electrons. The van der Waals surface area contributed by atoms with Gasteiger partial charge in [-0.15, -0.1) is 23.2 Å². The minimum Gasteiger partial charge on any atom is -0.464 e. The molecule has 3 atom stereocenters. The fraction of sp³-hybridized carbons (Fsp3) is 0.800. The van der Waals surface area contributed by atoms with Crippen LogP contribution in [0.25, 0.3) is 0 Å². The van der Waals surface area contributed by atoms with Crippen molar-refractivity contribution in [2.45, 2.75) is 44.1 Å². The maximum Gasteiger partial charge on any atom is 0.324 e. The highest BCUT2D eigenvalue weighted by molar-refractivity contribution is 6.29. The van der Waals surface area contributed by atoms with Gasteiger partial charge in [-0.05, 0) is 20.8 Å². The van der Waals surface area contributed by atoms with E-state index in [0.29, 0.717) is 6.42 Å². The van der Waals surface area contributed by atoms with Crippen molar-refractivity contribution in [3.05, 3.63) is 0 Å². The van der Waals surface area contributed by atoms with Crippen LogP contribution in [0.1, 0.15) is 27.2 Å². The summed E-state index contributed by atoms with van der Waals surface area (Å²) in [5, 5.41) is -1.34. The van der Waals surface area contributed by atoms with E-state index in [4.69, 9.17) is 32.7 Å². The Bertz CT molecular complexity index is 241. The lowest BCUT2D eigenvalue weighted by molar-refractivity contribution is -0.149. The topological polar surface area (TPSA) is 52.6 Å². The van der Waals surface area contributed by atoms with Crippen molar-refractivity contribution in [3.63, 3.8) is 0 Å². The Balaban J connectivity index is 3.70. The zero-order valence-electron chi connectivity index (χ0n) is 9.54. The van der Waals surface area contributed by atoms with Crippen molar-refractivity contribution in [2.75, 3.05) is 6.61 Å². The van der Waals surface area contributed by atoms with Gasteiger partial charge in [0.15, 0.2) is 0 Å². The highest BCUT2D eigenvalue weighted by Crippen LogP contribution is 2.05. The first-order chi connectivity index (χ1) is 7.34. The number of esters is 2. The molecule has 0 saturated heterocycles. The molecule has 0 saturated carbocycles. The third-order valence-corrected chi connectivity index (χ3v) is 2.09. The lowest BCUT2D eigenvalue weighted by Crippen LogP contribution is -2.23. The Morgan fingerprint density at radius 3 is 2.00 bits per heavy atom. The van der Waals surface area contributed by atoms with E-state index in [1.165, 1.54) is 13.8 Å². The first kappa shape index (κ1) is 15.5. The lowest BCUT2D eigenvalue weighted by atomic mass is 10.3. The van der Waals surface area contributed by atoms with Crippen molar-refractivity contribution in [2.24, 2.45) is 0 Å². The molecule has 0 aliphatic carbocycles. The smallest absolute Gasteiger partial charge is 0.324 e. The van der Waals surface area contributed by atoms with E-state index in [1.807, 2.05) is 0 Å². The second-order valence-electron chi connectivity index (χ2n) is 3.44. The van der Waals surface area contributed by atoms with Gasteiger partial charge in [0.1, 0.15) is 16.9 Å². The van der Waals surface area contributed by atoms with E-state index >= 15 is 0 Å². The quantitative estimate of drug-likeness (QED) is 0.548. The van der Waals surface area contributed by atoms with E-state index in [0.717, 1.165) is 0 Å². The van der Waals surface area contributed by atoms with Gasteiger partial charge in [-0.25, -0.2) is 0 Å². The van der Waals surface area contributed by atoms with Crippen LogP contribution in [0.15, 0.2) is 0 Å². The number of hydrogen-bond acceptors (Lipinski definition) is 4. The molecule has 16 heavy (non-hydrogen) atoms. The molecule has 0 N–H and O–H groups in total. The standard InChI is InChI=1S/C10H16Cl2O4/c1-6(16-10(14)8(3)12)4-5-15-9(13)7(2)11/h6-8H,4-5H2,1-3H3/t6-,7+,8-/m1/s1. The van der Waals surface area contributed by atoms with Gasteiger partial charge in [-0.2, -0.15) is 0 Å². The van der Waals surface area contributed by atoms with Gasteiger partial charge in [0.25, 0.3) is 0 Å². The molecule has 0 aromatic rings. The van der Waals surface area contributed by atoms with E-state index in [2.05, 4.69) is 0 Å². The van der Waals surface area contributed by atoms with Gasteiger partial charge in [-0.1, -0.05) is 0 Å². The number of rotatable bonds is 6. The Labute approximate surface area is 105 Å². The predicted octanol–water partition coefficient (Wildman–Crippen LogP) is 2.11. The van der Waals surface area contributed by atoms with Gasteiger partial charge in [-0.3, -0.25) is 9.59 Å². The third kappa shape index (κ3) is 6.90. The number of ether oxygens (including phenoxy) is 2. The molecule has 0 heterocycles. The average molecular weight is 271 g/mol. The molecular formula is C10H16Cl2O4. The van der Waals surface area contributed by atoms with Gasteiger partial charge in [0.05, 0.1) is 6.61 Å². The van der Waals surface area contributed by atoms with Crippen LogP contribution >= 0.6 is 23.2 Å². The summed E-state index contributed by atoms with van der Waals surface area (Å²) >= 11 is 11.0. The van der Waals surface area contributed by atoms with Crippen LogP contribution in [0.3, 0.4) is 0 Å². The molecule has 0 aromatic heterocycles. The molecule has 0 aliphatic heterocycles. The van der Waals surface area contributed by atoms with Crippen LogP contribution in [0.4, 0.5) is 0 Å².